The molecule has 1 atom stereocenters. The molecule has 0 radical (unpaired) electrons. The van der Waals surface area contributed by atoms with Gasteiger partial charge in [-0.2, -0.15) is 0 Å². The van der Waals surface area contributed by atoms with Crippen molar-refractivity contribution in [2.75, 3.05) is 0 Å². The molecular formula is C7H7N3O2. The fourth-order valence-electron chi connectivity index (χ4n) is 1.10. The standard InChI is InChI=1S/C7H7N3O2/c11-6(12)5-4-10-3-1-2-8-7(10)9-5/h1-4,7,9H,(H,11,12). The van der Waals surface area contributed by atoms with Crippen molar-refractivity contribution in [1.82, 2.24) is 10.2 Å². The van der Waals surface area contributed by atoms with Crippen LogP contribution in [0, 0.1) is 0 Å². The van der Waals surface area contributed by atoms with E-state index in [0.29, 0.717) is 0 Å². The third-order valence-corrected chi connectivity index (χ3v) is 1.65. The van der Waals surface area contributed by atoms with Crippen LogP contribution < -0.4 is 5.32 Å². The number of aliphatic imine (C=N–C) groups is 1. The van der Waals surface area contributed by atoms with Gasteiger partial charge in [-0.1, -0.05) is 0 Å². The summed E-state index contributed by atoms with van der Waals surface area (Å²) in [6.45, 7) is 0. The summed E-state index contributed by atoms with van der Waals surface area (Å²) >= 11 is 0. The predicted molar refractivity (Wildman–Crippen MR) is 42.1 cm³/mol. The molecule has 0 saturated heterocycles. The zero-order valence-electron chi connectivity index (χ0n) is 6.14. The van der Waals surface area contributed by atoms with Crippen LogP contribution in [0.1, 0.15) is 0 Å². The van der Waals surface area contributed by atoms with E-state index in [1.54, 1.807) is 23.4 Å². The molecule has 0 aromatic carbocycles. The highest BCUT2D eigenvalue weighted by Crippen LogP contribution is 2.14. The number of nitrogens with one attached hydrogen (secondary N) is 1. The molecular weight excluding hydrogens is 158 g/mol. The van der Waals surface area contributed by atoms with Crippen molar-refractivity contribution >= 4 is 12.2 Å². The van der Waals surface area contributed by atoms with E-state index in [1.807, 2.05) is 0 Å². The van der Waals surface area contributed by atoms with Gasteiger partial charge in [-0.15, -0.1) is 0 Å². The highest BCUT2D eigenvalue weighted by Gasteiger charge is 2.25. The summed E-state index contributed by atoms with van der Waals surface area (Å²) in [5.41, 5.74) is 0.170. The Morgan fingerprint density at radius 2 is 2.58 bits per heavy atom. The Hall–Kier alpha value is -1.78. The van der Waals surface area contributed by atoms with Crippen LogP contribution in [0.4, 0.5) is 0 Å². The molecule has 2 rings (SSSR count). The fourth-order valence-corrected chi connectivity index (χ4v) is 1.10. The van der Waals surface area contributed by atoms with Gasteiger partial charge in [-0.25, -0.2) is 9.79 Å². The topological polar surface area (TPSA) is 64.9 Å². The molecule has 5 heteroatoms. The second-order valence-electron chi connectivity index (χ2n) is 2.45. The lowest BCUT2D eigenvalue weighted by molar-refractivity contribution is -0.133. The van der Waals surface area contributed by atoms with Crippen molar-refractivity contribution in [3.05, 3.63) is 24.2 Å². The average Bonchev–Trinajstić information content (AvgIpc) is 2.46. The monoisotopic (exact) mass is 165 g/mol. The Balaban J connectivity index is 2.21. The molecule has 0 bridgehead atoms. The third kappa shape index (κ3) is 0.952. The SMILES string of the molecule is O=C(O)C1=CN2C=CC=NC2N1. The molecule has 2 heterocycles. The van der Waals surface area contributed by atoms with Crippen LogP contribution in [0.15, 0.2) is 29.2 Å². The fraction of sp³-hybridized carbons (Fsp3) is 0.143. The van der Waals surface area contributed by atoms with Gasteiger partial charge in [0.2, 0.25) is 0 Å². The molecule has 0 saturated carbocycles. The molecule has 0 aliphatic carbocycles. The molecule has 0 spiro atoms. The molecule has 2 N–H and O–H groups in total. The van der Waals surface area contributed by atoms with Crippen LogP contribution in [0.3, 0.4) is 0 Å². The number of carbonyl (C=O) groups is 1. The molecule has 62 valence electrons. The normalized spacial score (nSPS) is 24.8. The predicted octanol–water partition coefficient (Wildman–Crippen LogP) is -0.301. The Morgan fingerprint density at radius 1 is 1.75 bits per heavy atom. The summed E-state index contributed by atoms with van der Waals surface area (Å²) in [6, 6.07) is 0. The minimum Gasteiger partial charge on any atom is -0.477 e. The number of hydrogen-bond acceptors (Lipinski definition) is 4. The van der Waals surface area contributed by atoms with Gasteiger partial charge in [0.15, 0.2) is 6.29 Å². The number of allylic oxidation sites excluding steroid dienone is 1. The van der Waals surface area contributed by atoms with Crippen LogP contribution in [0.2, 0.25) is 0 Å². The van der Waals surface area contributed by atoms with Crippen LogP contribution in [0.25, 0.3) is 0 Å². The maximum absolute atomic E-state index is 10.5. The maximum Gasteiger partial charge on any atom is 0.353 e. The second-order valence-corrected chi connectivity index (χ2v) is 2.45. The summed E-state index contributed by atoms with van der Waals surface area (Å²) in [7, 11) is 0. The van der Waals surface area contributed by atoms with E-state index in [9.17, 15) is 4.79 Å². The number of hydrogen-bond donors (Lipinski definition) is 2. The molecule has 0 fully saturated rings. The number of aliphatic carboxylic acids is 1. The minimum absolute atomic E-state index is 0.170. The molecule has 12 heavy (non-hydrogen) atoms. The summed E-state index contributed by atoms with van der Waals surface area (Å²) in [6.07, 6.45) is 6.38. The molecule has 0 amide bonds. The first kappa shape index (κ1) is 6.90. The first-order chi connectivity index (χ1) is 5.77. The number of carboxylic acid groups (broad SMARTS) is 1. The van der Waals surface area contributed by atoms with Crippen molar-refractivity contribution in [2.45, 2.75) is 6.29 Å². The van der Waals surface area contributed by atoms with Crippen molar-refractivity contribution in [2.24, 2.45) is 4.99 Å². The van der Waals surface area contributed by atoms with Crippen molar-refractivity contribution in [3.8, 4) is 0 Å². The van der Waals surface area contributed by atoms with Gasteiger partial charge >= 0.3 is 5.97 Å². The van der Waals surface area contributed by atoms with E-state index in [0.717, 1.165) is 0 Å². The molecule has 2 aliphatic rings. The second kappa shape index (κ2) is 2.37. The van der Waals surface area contributed by atoms with E-state index >= 15 is 0 Å². The van der Waals surface area contributed by atoms with Gasteiger partial charge in [-0.05, 0) is 6.08 Å². The van der Waals surface area contributed by atoms with Gasteiger partial charge in [0.05, 0.1) is 0 Å². The molecule has 1 unspecified atom stereocenters. The van der Waals surface area contributed by atoms with E-state index in [1.165, 1.54) is 6.20 Å². The highest BCUT2D eigenvalue weighted by atomic mass is 16.4. The Kier molecular flexibility index (Phi) is 1.36. The largest absolute Gasteiger partial charge is 0.477 e. The van der Waals surface area contributed by atoms with Crippen LogP contribution >= 0.6 is 0 Å². The van der Waals surface area contributed by atoms with E-state index in [2.05, 4.69) is 10.3 Å². The number of carboxylic acids is 1. The molecule has 0 aromatic heterocycles. The number of rotatable bonds is 1. The smallest absolute Gasteiger partial charge is 0.353 e. The van der Waals surface area contributed by atoms with Crippen LogP contribution in [-0.4, -0.2) is 28.5 Å². The maximum atomic E-state index is 10.5. The summed E-state index contributed by atoms with van der Waals surface area (Å²) in [4.78, 5) is 16.2. The summed E-state index contributed by atoms with van der Waals surface area (Å²) < 4.78 is 0. The van der Waals surface area contributed by atoms with Crippen LogP contribution in [0.5, 0.6) is 0 Å². The lowest BCUT2D eigenvalue weighted by Gasteiger charge is -2.19. The first-order valence-corrected chi connectivity index (χ1v) is 3.46. The molecule has 5 nitrogen and oxygen atoms in total. The number of fused-ring (bicyclic) bond motifs is 1. The van der Waals surface area contributed by atoms with Gasteiger partial charge in [0.1, 0.15) is 5.70 Å². The van der Waals surface area contributed by atoms with Crippen molar-refractivity contribution in [3.63, 3.8) is 0 Å². The summed E-state index contributed by atoms with van der Waals surface area (Å²) in [5.74, 6) is -0.965. The zero-order chi connectivity index (χ0) is 8.55. The van der Waals surface area contributed by atoms with Gasteiger partial charge in [0.25, 0.3) is 0 Å². The van der Waals surface area contributed by atoms with E-state index < -0.39 is 5.97 Å². The Bertz CT molecular complexity index is 306. The van der Waals surface area contributed by atoms with E-state index in [4.69, 9.17) is 5.11 Å². The molecule has 0 aromatic rings. The van der Waals surface area contributed by atoms with Gasteiger partial charge in [-0.3, -0.25) is 0 Å². The average molecular weight is 165 g/mol. The lowest BCUT2D eigenvalue weighted by Crippen LogP contribution is -2.33. The van der Waals surface area contributed by atoms with Crippen molar-refractivity contribution in [1.29, 1.82) is 0 Å². The lowest BCUT2D eigenvalue weighted by atomic mass is 10.5. The number of nitrogens with zero attached hydrogens (tertiary/aromatic N) is 2. The van der Waals surface area contributed by atoms with Gasteiger partial charge < -0.3 is 15.3 Å². The third-order valence-electron chi connectivity index (χ3n) is 1.65. The zero-order valence-corrected chi connectivity index (χ0v) is 6.14. The van der Waals surface area contributed by atoms with E-state index in [-0.39, 0.29) is 12.0 Å². The Labute approximate surface area is 68.7 Å². The van der Waals surface area contributed by atoms with Gasteiger partial charge in [0, 0.05) is 18.6 Å². The first-order valence-electron chi connectivity index (χ1n) is 3.46. The quantitative estimate of drug-likeness (QED) is 0.559. The minimum atomic E-state index is -0.965. The van der Waals surface area contributed by atoms with Crippen molar-refractivity contribution < 1.29 is 9.90 Å². The Morgan fingerprint density at radius 3 is 3.25 bits per heavy atom. The summed E-state index contributed by atoms with van der Waals surface area (Å²) in [5, 5.41) is 11.4. The highest BCUT2D eigenvalue weighted by molar-refractivity contribution is 5.86. The van der Waals surface area contributed by atoms with Crippen LogP contribution in [-0.2, 0) is 4.79 Å². The molecule has 2 aliphatic heterocycles.